The number of thiophene rings is 1. The zero-order valence-electron chi connectivity index (χ0n) is 13.2. The summed E-state index contributed by atoms with van der Waals surface area (Å²) >= 11 is 1.59. The van der Waals surface area contributed by atoms with E-state index in [0.29, 0.717) is 13.0 Å². The molecule has 1 amide bonds. The van der Waals surface area contributed by atoms with Gasteiger partial charge in [-0.15, -0.1) is 11.3 Å². The molecule has 0 saturated carbocycles. The lowest BCUT2D eigenvalue weighted by Gasteiger charge is -2.32. The molecule has 2 aromatic rings. The largest absolute Gasteiger partial charge is 0.367 e. The normalized spacial score (nSPS) is 21.1. The topological polar surface area (TPSA) is 64.1 Å². The van der Waals surface area contributed by atoms with Crippen molar-refractivity contribution < 1.29 is 9.53 Å². The highest BCUT2D eigenvalue weighted by atomic mass is 32.1. The van der Waals surface area contributed by atoms with Gasteiger partial charge in [-0.25, -0.2) is 9.97 Å². The second-order valence-corrected chi connectivity index (χ2v) is 7.02. The minimum Gasteiger partial charge on any atom is -0.367 e. The number of carbonyl (C=O) groups is 1. The number of hydrogen-bond donors (Lipinski definition) is 1. The van der Waals surface area contributed by atoms with E-state index in [9.17, 15) is 4.79 Å². The third kappa shape index (κ3) is 4.14. The third-order valence-electron chi connectivity index (χ3n) is 4.05. The standard InChI is InChI=1S/C17H21N3O2S/c1-17(6-2-3-7-22-17)16-19-11-13(12-20-16)10-18-15(21)9-14-5-4-8-23-14/h4-5,8,11-12H,2-3,6-7,9-10H2,1H3,(H,18,21). The molecule has 1 fully saturated rings. The molecule has 5 nitrogen and oxygen atoms in total. The molecule has 1 N–H and O–H groups in total. The summed E-state index contributed by atoms with van der Waals surface area (Å²) in [5.41, 5.74) is 0.520. The Morgan fingerprint density at radius 3 is 2.87 bits per heavy atom. The Hall–Kier alpha value is -1.79. The van der Waals surface area contributed by atoms with Gasteiger partial charge in [0.1, 0.15) is 5.60 Å². The summed E-state index contributed by atoms with van der Waals surface area (Å²) in [6.07, 6.45) is 7.16. The second-order valence-electron chi connectivity index (χ2n) is 5.98. The molecule has 0 spiro atoms. The molecule has 0 aromatic carbocycles. The van der Waals surface area contributed by atoms with E-state index in [-0.39, 0.29) is 11.5 Å². The van der Waals surface area contributed by atoms with E-state index >= 15 is 0 Å². The summed E-state index contributed by atoms with van der Waals surface area (Å²) in [6.45, 7) is 3.26. The number of nitrogens with zero attached hydrogens (tertiary/aromatic N) is 2. The summed E-state index contributed by atoms with van der Waals surface area (Å²) in [5.74, 6) is 0.741. The summed E-state index contributed by atoms with van der Waals surface area (Å²) in [4.78, 5) is 21.8. The fraction of sp³-hybridized carbons (Fsp3) is 0.471. The van der Waals surface area contributed by atoms with Crippen LogP contribution in [0.5, 0.6) is 0 Å². The van der Waals surface area contributed by atoms with E-state index in [0.717, 1.165) is 42.1 Å². The van der Waals surface area contributed by atoms with Crippen LogP contribution in [0, 0.1) is 0 Å². The van der Waals surface area contributed by atoms with Crippen molar-refractivity contribution in [3.8, 4) is 0 Å². The van der Waals surface area contributed by atoms with Gasteiger partial charge >= 0.3 is 0 Å². The maximum atomic E-state index is 11.9. The van der Waals surface area contributed by atoms with E-state index in [4.69, 9.17) is 4.74 Å². The number of rotatable bonds is 5. The van der Waals surface area contributed by atoms with Crippen LogP contribution in [-0.4, -0.2) is 22.5 Å². The molecule has 0 aliphatic carbocycles. The molecule has 2 aromatic heterocycles. The lowest BCUT2D eigenvalue weighted by molar-refractivity contribution is -0.120. The Morgan fingerprint density at radius 2 is 2.22 bits per heavy atom. The maximum absolute atomic E-state index is 11.9. The molecule has 6 heteroatoms. The van der Waals surface area contributed by atoms with Crippen LogP contribution >= 0.6 is 11.3 Å². The quantitative estimate of drug-likeness (QED) is 0.915. The molecule has 122 valence electrons. The van der Waals surface area contributed by atoms with E-state index < -0.39 is 0 Å². The van der Waals surface area contributed by atoms with E-state index in [2.05, 4.69) is 15.3 Å². The number of amides is 1. The van der Waals surface area contributed by atoms with Gasteiger partial charge in [-0.3, -0.25) is 4.79 Å². The van der Waals surface area contributed by atoms with Crippen LogP contribution in [0.4, 0.5) is 0 Å². The lowest BCUT2D eigenvalue weighted by atomic mass is 9.95. The van der Waals surface area contributed by atoms with Gasteiger partial charge in [0.2, 0.25) is 5.91 Å². The van der Waals surface area contributed by atoms with Gasteiger partial charge in [-0.1, -0.05) is 6.07 Å². The molecular weight excluding hydrogens is 310 g/mol. The van der Waals surface area contributed by atoms with Crippen LogP contribution in [0.15, 0.2) is 29.9 Å². The van der Waals surface area contributed by atoms with Crippen molar-refractivity contribution in [2.45, 2.75) is 44.8 Å². The molecule has 0 bridgehead atoms. The maximum Gasteiger partial charge on any atom is 0.225 e. The van der Waals surface area contributed by atoms with Crippen LogP contribution in [0.2, 0.25) is 0 Å². The lowest BCUT2D eigenvalue weighted by Crippen LogP contribution is -2.32. The third-order valence-corrected chi connectivity index (χ3v) is 4.93. The van der Waals surface area contributed by atoms with Crippen molar-refractivity contribution in [2.24, 2.45) is 0 Å². The van der Waals surface area contributed by atoms with Crippen LogP contribution in [-0.2, 0) is 28.1 Å². The molecule has 1 unspecified atom stereocenters. The highest BCUT2D eigenvalue weighted by Crippen LogP contribution is 2.32. The summed E-state index contributed by atoms with van der Waals surface area (Å²) in [6, 6.07) is 3.92. The highest BCUT2D eigenvalue weighted by Gasteiger charge is 2.32. The number of carbonyl (C=O) groups excluding carboxylic acids is 1. The van der Waals surface area contributed by atoms with Crippen LogP contribution in [0.3, 0.4) is 0 Å². The van der Waals surface area contributed by atoms with E-state index in [1.54, 1.807) is 23.7 Å². The first-order valence-corrected chi connectivity index (χ1v) is 8.78. The first-order valence-electron chi connectivity index (χ1n) is 7.90. The zero-order chi connectivity index (χ0) is 16.1. The second kappa shape index (κ2) is 7.19. The van der Waals surface area contributed by atoms with Gasteiger partial charge in [-0.2, -0.15) is 0 Å². The molecular formula is C17H21N3O2S. The van der Waals surface area contributed by atoms with Gasteiger partial charge in [0.05, 0.1) is 6.42 Å². The number of nitrogens with one attached hydrogen (secondary N) is 1. The van der Waals surface area contributed by atoms with Crippen molar-refractivity contribution in [1.82, 2.24) is 15.3 Å². The van der Waals surface area contributed by atoms with Gasteiger partial charge in [0, 0.05) is 36.0 Å². The van der Waals surface area contributed by atoms with Gasteiger partial charge in [0.15, 0.2) is 5.82 Å². The average molecular weight is 331 g/mol. The Balaban J connectivity index is 1.54. The molecule has 0 radical (unpaired) electrons. The Morgan fingerprint density at radius 1 is 1.39 bits per heavy atom. The summed E-state index contributed by atoms with van der Waals surface area (Å²) in [5, 5.41) is 4.88. The minimum absolute atomic E-state index is 0.0131. The molecule has 1 aliphatic heterocycles. The highest BCUT2D eigenvalue weighted by molar-refractivity contribution is 7.10. The molecule has 1 atom stereocenters. The fourth-order valence-corrected chi connectivity index (χ4v) is 3.37. The van der Waals surface area contributed by atoms with Crippen molar-refractivity contribution in [3.05, 3.63) is 46.2 Å². The minimum atomic E-state index is -0.376. The van der Waals surface area contributed by atoms with Crippen LogP contribution < -0.4 is 5.32 Å². The average Bonchev–Trinajstić information content (AvgIpc) is 3.07. The molecule has 1 saturated heterocycles. The van der Waals surface area contributed by atoms with Gasteiger partial charge in [0.25, 0.3) is 0 Å². The number of ether oxygens (including phenoxy) is 1. The number of hydrogen-bond acceptors (Lipinski definition) is 5. The molecule has 3 heterocycles. The predicted octanol–water partition coefficient (Wildman–Crippen LogP) is 2.81. The Kier molecular flexibility index (Phi) is 5.03. The summed E-state index contributed by atoms with van der Waals surface area (Å²) < 4.78 is 5.85. The van der Waals surface area contributed by atoms with Crippen LogP contribution in [0.25, 0.3) is 0 Å². The van der Waals surface area contributed by atoms with Crippen molar-refractivity contribution >= 4 is 17.2 Å². The van der Waals surface area contributed by atoms with Crippen molar-refractivity contribution in [3.63, 3.8) is 0 Å². The van der Waals surface area contributed by atoms with Gasteiger partial charge < -0.3 is 10.1 Å². The van der Waals surface area contributed by atoms with E-state index in [1.807, 2.05) is 24.4 Å². The fourth-order valence-electron chi connectivity index (χ4n) is 2.66. The summed E-state index contributed by atoms with van der Waals surface area (Å²) in [7, 11) is 0. The molecule has 1 aliphatic rings. The van der Waals surface area contributed by atoms with Crippen LogP contribution in [0.1, 0.15) is 42.5 Å². The Bertz CT molecular complexity index is 634. The van der Waals surface area contributed by atoms with Gasteiger partial charge in [-0.05, 0) is 37.6 Å². The molecule has 3 rings (SSSR count). The smallest absolute Gasteiger partial charge is 0.225 e. The molecule has 23 heavy (non-hydrogen) atoms. The number of aromatic nitrogens is 2. The van der Waals surface area contributed by atoms with E-state index in [1.165, 1.54) is 0 Å². The Labute approximate surface area is 140 Å². The predicted molar refractivity (Wildman–Crippen MR) is 89.1 cm³/mol. The monoisotopic (exact) mass is 331 g/mol. The SMILES string of the molecule is CC1(c2ncc(CNC(=O)Cc3cccs3)cn2)CCCCO1. The first-order chi connectivity index (χ1) is 11.2. The van der Waals surface area contributed by atoms with Crippen molar-refractivity contribution in [1.29, 1.82) is 0 Å². The van der Waals surface area contributed by atoms with Crippen molar-refractivity contribution in [2.75, 3.05) is 6.61 Å². The zero-order valence-corrected chi connectivity index (χ0v) is 14.1. The first kappa shape index (κ1) is 16.1.